The van der Waals surface area contributed by atoms with Crippen LogP contribution in [0.4, 0.5) is 5.69 Å². The predicted octanol–water partition coefficient (Wildman–Crippen LogP) is 4.13. The van der Waals surface area contributed by atoms with Gasteiger partial charge in [0, 0.05) is 4.90 Å². The Morgan fingerprint density at radius 3 is 1.95 bits per heavy atom. The quantitative estimate of drug-likeness (QED) is 0.861. The first-order valence-electron chi connectivity index (χ1n) is 6.58. The van der Waals surface area contributed by atoms with Gasteiger partial charge < -0.3 is 0 Å². The molecule has 112 valence electrons. The largest absolute Gasteiger partial charge is 0.279 e. The third-order valence-electron chi connectivity index (χ3n) is 3.28. The average Bonchev–Trinajstić information content (AvgIpc) is 2.43. The van der Waals surface area contributed by atoms with Gasteiger partial charge in [0.05, 0.1) is 10.6 Å². The molecule has 0 amide bonds. The summed E-state index contributed by atoms with van der Waals surface area (Å²) in [6.45, 7) is 5.82. The van der Waals surface area contributed by atoms with E-state index >= 15 is 0 Å². The van der Waals surface area contributed by atoms with Crippen LogP contribution in [0.25, 0.3) is 0 Å². The monoisotopic (exact) mass is 321 g/mol. The number of rotatable bonds is 4. The third-order valence-corrected chi connectivity index (χ3v) is 5.39. The lowest BCUT2D eigenvalue weighted by atomic mass is 10.1. The summed E-state index contributed by atoms with van der Waals surface area (Å²) in [4.78, 5) is 1.32. The van der Waals surface area contributed by atoms with Gasteiger partial charge in [-0.3, -0.25) is 4.72 Å². The van der Waals surface area contributed by atoms with E-state index < -0.39 is 10.0 Å². The van der Waals surface area contributed by atoms with E-state index in [9.17, 15) is 8.42 Å². The van der Waals surface area contributed by atoms with E-state index in [1.165, 1.54) is 0 Å². The second-order valence-electron chi connectivity index (χ2n) is 5.05. The second-order valence-corrected chi connectivity index (χ2v) is 7.62. The normalized spacial score (nSPS) is 11.4. The highest BCUT2D eigenvalue weighted by molar-refractivity contribution is 7.98. The van der Waals surface area contributed by atoms with Gasteiger partial charge >= 0.3 is 0 Å². The van der Waals surface area contributed by atoms with Gasteiger partial charge in [0.15, 0.2) is 0 Å². The number of thioether (sulfide) groups is 1. The Hall–Kier alpha value is -1.46. The van der Waals surface area contributed by atoms with Gasteiger partial charge in [-0.15, -0.1) is 11.8 Å². The first kappa shape index (κ1) is 15.9. The number of nitrogens with one attached hydrogen (secondary N) is 1. The van der Waals surface area contributed by atoms with E-state index in [1.807, 2.05) is 51.3 Å². The molecule has 0 fully saturated rings. The molecule has 0 atom stereocenters. The van der Waals surface area contributed by atoms with Crippen molar-refractivity contribution in [2.24, 2.45) is 0 Å². The number of hydrogen-bond donors (Lipinski definition) is 1. The molecular weight excluding hydrogens is 302 g/mol. The molecule has 0 aromatic heterocycles. The molecule has 1 N–H and O–H groups in total. The van der Waals surface area contributed by atoms with E-state index in [4.69, 9.17) is 0 Å². The van der Waals surface area contributed by atoms with Crippen LogP contribution in [0.3, 0.4) is 0 Å². The Balaban J connectivity index is 2.37. The minimum Gasteiger partial charge on any atom is -0.279 e. The highest BCUT2D eigenvalue weighted by atomic mass is 32.2. The molecule has 0 radical (unpaired) electrons. The Labute approximate surface area is 130 Å². The van der Waals surface area contributed by atoms with Crippen molar-refractivity contribution >= 4 is 27.5 Å². The van der Waals surface area contributed by atoms with Crippen LogP contribution in [0.2, 0.25) is 0 Å². The highest BCUT2D eigenvalue weighted by Gasteiger charge is 2.16. The molecule has 0 aliphatic rings. The highest BCUT2D eigenvalue weighted by Crippen LogP contribution is 2.26. The van der Waals surface area contributed by atoms with Crippen molar-refractivity contribution in [1.29, 1.82) is 0 Å². The van der Waals surface area contributed by atoms with Gasteiger partial charge in [0.25, 0.3) is 10.0 Å². The molecule has 0 aliphatic heterocycles. The fraction of sp³-hybridized carbons (Fsp3) is 0.250. The summed E-state index contributed by atoms with van der Waals surface area (Å²) in [6.07, 6.45) is 1.96. The number of hydrogen-bond acceptors (Lipinski definition) is 3. The van der Waals surface area contributed by atoms with Crippen molar-refractivity contribution in [2.75, 3.05) is 11.0 Å². The zero-order valence-corrected chi connectivity index (χ0v) is 14.2. The maximum absolute atomic E-state index is 12.5. The summed E-state index contributed by atoms with van der Waals surface area (Å²) in [5.74, 6) is 0. The molecule has 0 aliphatic carbocycles. The number of sulfonamides is 1. The van der Waals surface area contributed by atoms with Gasteiger partial charge in [0.1, 0.15) is 0 Å². The zero-order chi connectivity index (χ0) is 15.6. The van der Waals surface area contributed by atoms with Crippen LogP contribution in [0.15, 0.2) is 46.2 Å². The van der Waals surface area contributed by atoms with Gasteiger partial charge in [-0.1, -0.05) is 17.7 Å². The first-order chi connectivity index (χ1) is 9.83. The van der Waals surface area contributed by atoms with Gasteiger partial charge in [-0.05, 0) is 62.4 Å². The van der Waals surface area contributed by atoms with Gasteiger partial charge in [0.2, 0.25) is 0 Å². The molecule has 0 saturated carbocycles. The molecule has 2 rings (SSSR count). The zero-order valence-electron chi connectivity index (χ0n) is 12.6. The van der Waals surface area contributed by atoms with E-state index in [2.05, 4.69) is 4.72 Å². The van der Waals surface area contributed by atoms with Crippen molar-refractivity contribution in [2.45, 2.75) is 30.6 Å². The third kappa shape index (κ3) is 3.60. The summed E-state index contributed by atoms with van der Waals surface area (Å²) in [7, 11) is -3.56. The Bertz CT molecular complexity index is 727. The second kappa shape index (κ2) is 6.12. The Morgan fingerprint density at radius 1 is 0.952 bits per heavy atom. The minimum atomic E-state index is -3.56. The van der Waals surface area contributed by atoms with E-state index in [0.29, 0.717) is 5.69 Å². The lowest BCUT2D eigenvalue weighted by molar-refractivity contribution is 0.601. The lowest BCUT2D eigenvalue weighted by Crippen LogP contribution is -2.14. The molecule has 0 spiro atoms. The van der Waals surface area contributed by atoms with Crippen molar-refractivity contribution in [3.05, 3.63) is 53.1 Å². The minimum absolute atomic E-state index is 0.277. The van der Waals surface area contributed by atoms with Gasteiger partial charge in [-0.2, -0.15) is 0 Å². The van der Waals surface area contributed by atoms with E-state index in [-0.39, 0.29) is 4.90 Å². The topological polar surface area (TPSA) is 46.2 Å². The molecule has 0 saturated heterocycles. The fourth-order valence-electron chi connectivity index (χ4n) is 2.29. The molecule has 0 unspecified atom stereocenters. The summed E-state index contributed by atoms with van der Waals surface area (Å²) in [5.41, 5.74) is 3.64. The standard InChI is InChI=1S/C16H19NO2S2/c1-11-9-12(2)16(13(3)10-11)17-21(18,19)15-7-5-14(20-4)6-8-15/h5-10,17H,1-4H3. The summed E-state index contributed by atoms with van der Waals surface area (Å²) in [5, 5.41) is 0. The Kier molecular flexibility index (Phi) is 4.64. The Morgan fingerprint density at radius 2 is 1.48 bits per heavy atom. The van der Waals surface area contributed by atoms with Crippen LogP contribution in [0.1, 0.15) is 16.7 Å². The molecule has 0 heterocycles. The van der Waals surface area contributed by atoms with Crippen molar-refractivity contribution in [3.8, 4) is 0 Å². The number of anilines is 1. The van der Waals surface area contributed by atoms with Crippen LogP contribution >= 0.6 is 11.8 Å². The first-order valence-corrected chi connectivity index (χ1v) is 9.29. The smallest absolute Gasteiger partial charge is 0.261 e. The van der Waals surface area contributed by atoms with Crippen molar-refractivity contribution in [1.82, 2.24) is 0 Å². The molecular formula is C16H19NO2S2. The number of aryl methyl sites for hydroxylation is 3. The summed E-state index contributed by atoms with van der Waals surface area (Å²) < 4.78 is 27.6. The molecule has 2 aromatic rings. The molecule has 3 nitrogen and oxygen atoms in total. The maximum Gasteiger partial charge on any atom is 0.261 e. The molecule has 2 aromatic carbocycles. The van der Waals surface area contributed by atoms with Crippen LogP contribution in [0.5, 0.6) is 0 Å². The van der Waals surface area contributed by atoms with Crippen LogP contribution in [0, 0.1) is 20.8 Å². The van der Waals surface area contributed by atoms with Crippen LogP contribution < -0.4 is 4.72 Å². The SMILES string of the molecule is CSc1ccc(S(=O)(=O)Nc2c(C)cc(C)cc2C)cc1. The number of benzene rings is 2. The molecule has 21 heavy (non-hydrogen) atoms. The van der Waals surface area contributed by atoms with E-state index in [0.717, 1.165) is 21.6 Å². The van der Waals surface area contributed by atoms with Crippen LogP contribution in [-0.2, 0) is 10.0 Å². The molecule has 0 bridgehead atoms. The molecule has 5 heteroatoms. The van der Waals surface area contributed by atoms with Gasteiger partial charge in [-0.25, -0.2) is 8.42 Å². The van der Waals surface area contributed by atoms with Crippen molar-refractivity contribution in [3.63, 3.8) is 0 Å². The predicted molar refractivity (Wildman–Crippen MR) is 89.7 cm³/mol. The van der Waals surface area contributed by atoms with Crippen LogP contribution in [-0.4, -0.2) is 14.7 Å². The summed E-state index contributed by atoms with van der Waals surface area (Å²) >= 11 is 1.58. The fourth-order valence-corrected chi connectivity index (χ4v) is 3.90. The maximum atomic E-state index is 12.5. The average molecular weight is 321 g/mol. The van der Waals surface area contributed by atoms with Crippen molar-refractivity contribution < 1.29 is 8.42 Å². The van der Waals surface area contributed by atoms with E-state index in [1.54, 1.807) is 23.9 Å². The lowest BCUT2D eigenvalue weighted by Gasteiger charge is -2.14. The summed E-state index contributed by atoms with van der Waals surface area (Å²) in [6, 6.07) is 10.8.